The maximum atomic E-state index is 11.9. The molecule has 0 heterocycles. The maximum absolute atomic E-state index is 11.9. The Hall–Kier alpha value is -2.37. The van der Waals surface area contributed by atoms with E-state index in [1.165, 1.54) is 17.2 Å². The van der Waals surface area contributed by atoms with Crippen LogP contribution in [0.2, 0.25) is 0 Å². The van der Waals surface area contributed by atoms with E-state index in [9.17, 15) is 14.4 Å². The number of aliphatic carboxylic acids is 2. The summed E-state index contributed by atoms with van der Waals surface area (Å²) in [5.41, 5.74) is 3.46. The number of hydrogen-bond donors (Lipinski definition) is 3. The maximum Gasteiger partial charge on any atom is 0.326 e. The molecule has 0 saturated heterocycles. The van der Waals surface area contributed by atoms with Gasteiger partial charge in [0, 0.05) is 12.5 Å². The summed E-state index contributed by atoms with van der Waals surface area (Å²) in [5, 5.41) is 20.0. The monoisotopic (exact) mass is 365 g/mol. The molecule has 0 radical (unpaired) electrons. The molecule has 26 heavy (non-hydrogen) atoms. The molecule has 0 unspecified atom stereocenters. The number of allylic oxidation sites excluding steroid dienone is 5. The first-order valence-electron chi connectivity index (χ1n) is 8.83. The lowest BCUT2D eigenvalue weighted by molar-refractivity contribution is -0.142. The van der Waals surface area contributed by atoms with E-state index in [2.05, 4.69) is 38.2 Å². The van der Waals surface area contributed by atoms with E-state index < -0.39 is 23.9 Å². The van der Waals surface area contributed by atoms with Crippen molar-refractivity contribution in [3.8, 4) is 0 Å². The number of carbonyl (C=O) groups is 3. The number of carboxylic acid groups (broad SMARTS) is 2. The first-order chi connectivity index (χ1) is 12.1. The van der Waals surface area contributed by atoms with Gasteiger partial charge in [0.2, 0.25) is 5.91 Å². The zero-order valence-electron chi connectivity index (χ0n) is 16.2. The lowest BCUT2D eigenvalue weighted by Crippen LogP contribution is -2.40. The van der Waals surface area contributed by atoms with Gasteiger partial charge in [-0.3, -0.25) is 9.59 Å². The van der Waals surface area contributed by atoms with Crippen molar-refractivity contribution in [2.75, 3.05) is 0 Å². The second kappa shape index (κ2) is 12.9. The fraction of sp³-hybridized carbons (Fsp3) is 0.550. The Morgan fingerprint density at radius 3 is 2.00 bits per heavy atom. The second-order valence-electron chi connectivity index (χ2n) is 6.73. The van der Waals surface area contributed by atoms with Crippen LogP contribution in [0, 0.1) is 0 Å². The molecule has 0 saturated carbocycles. The number of rotatable bonds is 12. The molecule has 0 aliphatic carbocycles. The number of carboxylic acids is 2. The molecule has 0 spiro atoms. The van der Waals surface area contributed by atoms with Gasteiger partial charge in [-0.15, -0.1) is 0 Å². The van der Waals surface area contributed by atoms with Gasteiger partial charge in [-0.1, -0.05) is 28.9 Å². The van der Waals surface area contributed by atoms with Gasteiger partial charge in [-0.2, -0.15) is 0 Å². The minimum absolute atomic E-state index is 0.142. The molecule has 0 rings (SSSR count). The van der Waals surface area contributed by atoms with Gasteiger partial charge in [-0.05, 0) is 59.8 Å². The Balaban J connectivity index is 4.42. The van der Waals surface area contributed by atoms with E-state index in [1.807, 2.05) is 6.92 Å². The van der Waals surface area contributed by atoms with Crippen molar-refractivity contribution in [3.05, 3.63) is 34.9 Å². The summed E-state index contributed by atoms with van der Waals surface area (Å²) in [6, 6.07) is -1.19. The van der Waals surface area contributed by atoms with Gasteiger partial charge >= 0.3 is 11.9 Å². The number of nitrogens with one attached hydrogen (secondary N) is 1. The highest BCUT2D eigenvalue weighted by Crippen LogP contribution is 2.11. The molecular formula is C20H31NO5. The predicted molar refractivity (Wildman–Crippen MR) is 102 cm³/mol. The molecule has 1 atom stereocenters. The average molecular weight is 365 g/mol. The second-order valence-corrected chi connectivity index (χ2v) is 6.73. The fourth-order valence-corrected chi connectivity index (χ4v) is 2.27. The summed E-state index contributed by atoms with van der Waals surface area (Å²) >= 11 is 0. The molecule has 0 bridgehead atoms. The van der Waals surface area contributed by atoms with Crippen LogP contribution in [0.5, 0.6) is 0 Å². The summed E-state index contributed by atoms with van der Waals surface area (Å²) in [6.07, 6.45) is 8.85. The molecule has 1 amide bonds. The van der Waals surface area contributed by atoms with E-state index in [-0.39, 0.29) is 12.8 Å². The third-order valence-corrected chi connectivity index (χ3v) is 3.76. The molecule has 0 aliphatic rings. The lowest BCUT2D eigenvalue weighted by Gasteiger charge is -2.12. The molecule has 6 nitrogen and oxygen atoms in total. The molecular weight excluding hydrogens is 334 g/mol. The number of amides is 1. The van der Waals surface area contributed by atoms with Crippen molar-refractivity contribution >= 4 is 17.8 Å². The van der Waals surface area contributed by atoms with Crippen LogP contribution in [0.4, 0.5) is 0 Å². The van der Waals surface area contributed by atoms with Crippen molar-refractivity contribution in [1.29, 1.82) is 0 Å². The van der Waals surface area contributed by atoms with E-state index in [1.54, 1.807) is 0 Å². The first kappa shape index (κ1) is 23.6. The average Bonchev–Trinajstić information content (AvgIpc) is 2.50. The third kappa shape index (κ3) is 13.0. The summed E-state index contributed by atoms with van der Waals surface area (Å²) < 4.78 is 0. The van der Waals surface area contributed by atoms with Crippen LogP contribution in [-0.4, -0.2) is 34.1 Å². The summed E-state index contributed by atoms with van der Waals surface area (Å²) in [5.74, 6) is -2.84. The van der Waals surface area contributed by atoms with Crippen LogP contribution in [0.15, 0.2) is 34.9 Å². The Kier molecular flexibility index (Phi) is 11.7. The topological polar surface area (TPSA) is 104 Å². The summed E-state index contributed by atoms with van der Waals surface area (Å²) in [4.78, 5) is 33.5. The van der Waals surface area contributed by atoms with Gasteiger partial charge < -0.3 is 15.5 Å². The Labute approximate surface area is 155 Å². The van der Waals surface area contributed by atoms with Crippen LogP contribution in [0.1, 0.15) is 66.2 Å². The van der Waals surface area contributed by atoms with Crippen molar-refractivity contribution in [3.63, 3.8) is 0 Å². The highest BCUT2D eigenvalue weighted by atomic mass is 16.4. The summed E-state index contributed by atoms with van der Waals surface area (Å²) in [6.45, 7) is 8.06. The predicted octanol–water partition coefficient (Wildman–Crippen LogP) is 3.84. The minimum Gasteiger partial charge on any atom is -0.481 e. The standard InChI is InChI=1S/C20H31NO5/c1-14(2)7-5-8-15(3)9-6-10-16(4)13-18(22)21-17(20(25)26)11-12-19(23)24/h7,9,13,17H,5-6,8,10-12H2,1-4H3,(H,21,22)(H,23,24)(H,25,26)/t17-/m0/s1. The largest absolute Gasteiger partial charge is 0.481 e. The first-order valence-corrected chi connectivity index (χ1v) is 8.83. The number of hydrogen-bond acceptors (Lipinski definition) is 3. The third-order valence-electron chi connectivity index (χ3n) is 3.76. The normalized spacial score (nSPS) is 13.1. The van der Waals surface area contributed by atoms with Crippen LogP contribution < -0.4 is 5.32 Å². The molecule has 146 valence electrons. The molecule has 3 N–H and O–H groups in total. The van der Waals surface area contributed by atoms with Gasteiger partial charge in [0.25, 0.3) is 0 Å². The van der Waals surface area contributed by atoms with E-state index in [4.69, 9.17) is 10.2 Å². The molecule has 0 aromatic rings. The van der Waals surface area contributed by atoms with Crippen LogP contribution in [0.25, 0.3) is 0 Å². The van der Waals surface area contributed by atoms with Crippen molar-refractivity contribution < 1.29 is 24.6 Å². The van der Waals surface area contributed by atoms with Crippen molar-refractivity contribution in [2.45, 2.75) is 72.3 Å². The smallest absolute Gasteiger partial charge is 0.326 e. The Morgan fingerprint density at radius 2 is 1.46 bits per heavy atom. The highest BCUT2D eigenvalue weighted by molar-refractivity contribution is 5.91. The SMILES string of the molecule is CC(C)=CCCC(C)=CCCC(C)=CC(=O)N[C@@H](CCC(=O)O)C(=O)O. The Morgan fingerprint density at radius 1 is 0.885 bits per heavy atom. The van der Waals surface area contributed by atoms with Crippen LogP contribution in [-0.2, 0) is 14.4 Å². The molecule has 0 aromatic carbocycles. The quantitative estimate of drug-likeness (QED) is 0.360. The lowest BCUT2D eigenvalue weighted by atomic mass is 10.1. The number of carbonyl (C=O) groups excluding carboxylic acids is 1. The highest BCUT2D eigenvalue weighted by Gasteiger charge is 2.20. The molecule has 0 fully saturated rings. The van der Waals surface area contributed by atoms with E-state index >= 15 is 0 Å². The van der Waals surface area contributed by atoms with Crippen molar-refractivity contribution in [1.82, 2.24) is 5.32 Å². The van der Waals surface area contributed by atoms with E-state index in [0.29, 0.717) is 6.42 Å². The van der Waals surface area contributed by atoms with E-state index in [0.717, 1.165) is 24.8 Å². The minimum atomic E-state index is -1.24. The van der Waals surface area contributed by atoms with Crippen LogP contribution in [0.3, 0.4) is 0 Å². The molecule has 0 aliphatic heterocycles. The van der Waals surface area contributed by atoms with Gasteiger partial charge in [0.15, 0.2) is 0 Å². The van der Waals surface area contributed by atoms with Crippen molar-refractivity contribution in [2.24, 2.45) is 0 Å². The Bertz CT molecular complexity index is 583. The van der Waals surface area contributed by atoms with Gasteiger partial charge in [-0.25, -0.2) is 4.79 Å². The fourth-order valence-electron chi connectivity index (χ4n) is 2.27. The molecule has 0 aromatic heterocycles. The van der Waals surface area contributed by atoms with Gasteiger partial charge in [0.05, 0.1) is 0 Å². The molecule has 6 heteroatoms. The van der Waals surface area contributed by atoms with Gasteiger partial charge in [0.1, 0.15) is 6.04 Å². The zero-order chi connectivity index (χ0) is 20.1. The van der Waals surface area contributed by atoms with Crippen LogP contribution >= 0.6 is 0 Å². The summed E-state index contributed by atoms with van der Waals surface area (Å²) in [7, 11) is 0. The zero-order valence-corrected chi connectivity index (χ0v) is 16.2.